The van der Waals surface area contributed by atoms with Gasteiger partial charge in [-0.3, -0.25) is 9.48 Å². The first-order chi connectivity index (χ1) is 12.6. The molecule has 0 radical (unpaired) electrons. The molecule has 1 fully saturated rings. The third-order valence-corrected chi connectivity index (χ3v) is 4.95. The molecule has 3 heterocycles. The van der Waals surface area contributed by atoms with E-state index in [1.807, 2.05) is 72.4 Å². The van der Waals surface area contributed by atoms with Gasteiger partial charge in [0.15, 0.2) is 0 Å². The Kier molecular flexibility index (Phi) is 4.32. The standard InChI is InChI=1S/C20H23N5O/c1-15-11-21-23(12-15)13-18-9-6-10-24(18)20(26)19-14-25(22-16(19)2)17-7-4-3-5-8-17/h3-5,7-8,11-12,14,18H,6,9-10,13H2,1-2H3/t18-/m0/s1. The number of rotatable bonds is 4. The number of amides is 1. The van der Waals surface area contributed by atoms with Crippen molar-refractivity contribution in [3.8, 4) is 5.69 Å². The Morgan fingerprint density at radius 1 is 1.19 bits per heavy atom. The van der Waals surface area contributed by atoms with E-state index in [9.17, 15) is 4.79 Å². The summed E-state index contributed by atoms with van der Waals surface area (Å²) in [5.74, 6) is 0.0658. The Balaban J connectivity index is 1.56. The molecule has 0 bridgehead atoms. The zero-order valence-electron chi connectivity index (χ0n) is 15.2. The van der Waals surface area contributed by atoms with E-state index < -0.39 is 0 Å². The van der Waals surface area contributed by atoms with Gasteiger partial charge in [-0.05, 0) is 44.4 Å². The lowest BCUT2D eigenvalue weighted by Crippen LogP contribution is -2.38. The molecule has 0 unspecified atom stereocenters. The second-order valence-electron chi connectivity index (χ2n) is 6.94. The third-order valence-electron chi connectivity index (χ3n) is 4.95. The molecular formula is C20H23N5O. The van der Waals surface area contributed by atoms with Crippen molar-refractivity contribution in [1.82, 2.24) is 24.5 Å². The van der Waals surface area contributed by atoms with Crippen LogP contribution in [-0.4, -0.2) is 43.0 Å². The van der Waals surface area contributed by atoms with Crippen molar-refractivity contribution in [3.63, 3.8) is 0 Å². The van der Waals surface area contributed by atoms with E-state index in [4.69, 9.17) is 0 Å². The number of carbonyl (C=O) groups excluding carboxylic acids is 1. The fourth-order valence-corrected chi connectivity index (χ4v) is 3.61. The van der Waals surface area contributed by atoms with E-state index in [1.165, 1.54) is 0 Å². The monoisotopic (exact) mass is 349 g/mol. The largest absolute Gasteiger partial charge is 0.334 e. The molecule has 6 nitrogen and oxygen atoms in total. The third kappa shape index (κ3) is 3.14. The van der Waals surface area contributed by atoms with Crippen LogP contribution in [0.4, 0.5) is 0 Å². The molecule has 1 atom stereocenters. The van der Waals surface area contributed by atoms with Gasteiger partial charge in [-0.25, -0.2) is 4.68 Å². The average molecular weight is 349 g/mol. The summed E-state index contributed by atoms with van der Waals surface area (Å²) in [5, 5.41) is 8.91. The first kappa shape index (κ1) is 16.6. The zero-order chi connectivity index (χ0) is 18.1. The number of carbonyl (C=O) groups is 1. The molecule has 1 saturated heterocycles. The van der Waals surface area contributed by atoms with Crippen molar-refractivity contribution in [2.24, 2.45) is 0 Å². The minimum atomic E-state index is 0.0658. The minimum Gasteiger partial charge on any atom is -0.334 e. The fraction of sp³-hybridized carbons (Fsp3) is 0.350. The quantitative estimate of drug-likeness (QED) is 0.728. The predicted molar refractivity (Wildman–Crippen MR) is 99.3 cm³/mol. The highest BCUT2D eigenvalue weighted by atomic mass is 16.2. The van der Waals surface area contributed by atoms with Gasteiger partial charge in [-0.2, -0.15) is 10.2 Å². The summed E-state index contributed by atoms with van der Waals surface area (Å²) in [5.41, 5.74) is 3.54. The lowest BCUT2D eigenvalue weighted by atomic mass is 10.2. The Bertz CT molecular complexity index is 911. The van der Waals surface area contributed by atoms with E-state index in [1.54, 1.807) is 4.68 Å². The van der Waals surface area contributed by atoms with E-state index in [0.29, 0.717) is 5.56 Å². The number of hydrogen-bond acceptors (Lipinski definition) is 3. The SMILES string of the molecule is Cc1cnn(C[C@@H]2CCCN2C(=O)c2cn(-c3ccccc3)nc2C)c1. The van der Waals surface area contributed by atoms with Crippen LogP contribution < -0.4 is 0 Å². The first-order valence-corrected chi connectivity index (χ1v) is 9.03. The summed E-state index contributed by atoms with van der Waals surface area (Å²) in [6, 6.07) is 10.1. The van der Waals surface area contributed by atoms with Gasteiger partial charge < -0.3 is 4.90 Å². The van der Waals surface area contributed by atoms with Crippen LogP contribution in [0.1, 0.15) is 34.5 Å². The van der Waals surface area contributed by atoms with Crippen molar-refractivity contribution in [3.05, 3.63) is 65.7 Å². The van der Waals surface area contributed by atoms with Crippen LogP contribution in [0, 0.1) is 13.8 Å². The summed E-state index contributed by atoms with van der Waals surface area (Å²) < 4.78 is 3.72. The Morgan fingerprint density at radius 3 is 2.73 bits per heavy atom. The van der Waals surface area contributed by atoms with Crippen LogP contribution in [0.25, 0.3) is 5.69 Å². The van der Waals surface area contributed by atoms with E-state index >= 15 is 0 Å². The van der Waals surface area contributed by atoms with Gasteiger partial charge >= 0.3 is 0 Å². The van der Waals surface area contributed by atoms with Gasteiger partial charge in [-0.1, -0.05) is 18.2 Å². The Hall–Kier alpha value is -2.89. The van der Waals surface area contributed by atoms with E-state index in [2.05, 4.69) is 10.2 Å². The van der Waals surface area contributed by atoms with Crippen LogP contribution in [-0.2, 0) is 6.54 Å². The van der Waals surface area contributed by atoms with Crippen molar-refractivity contribution in [2.45, 2.75) is 39.3 Å². The minimum absolute atomic E-state index is 0.0658. The molecule has 0 spiro atoms. The maximum Gasteiger partial charge on any atom is 0.257 e. The molecule has 3 aromatic rings. The highest BCUT2D eigenvalue weighted by Gasteiger charge is 2.31. The lowest BCUT2D eigenvalue weighted by Gasteiger charge is -2.24. The number of aryl methyl sites for hydroxylation is 2. The van der Waals surface area contributed by atoms with Gasteiger partial charge in [-0.15, -0.1) is 0 Å². The fourth-order valence-electron chi connectivity index (χ4n) is 3.61. The maximum atomic E-state index is 13.2. The molecular weight excluding hydrogens is 326 g/mol. The molecule has 6 heteroatoms. The Morgan fingerprint density at radius 2 is 2.00 bits per heavy atom. The van der Waals surface area contributed by atoms with Crippen molar-refractivity contribution in [2.75, 3.05) is 6.54 Å². The lowest BCUT2D eigenvalue weighted by molar-refractivity contribution is 0.0721. The topological polar surface area (TPSA) is 56.0 Å². The highest BCUT2D eigenvalue weighted by Crippen LogP contribution is 2.23. The Labute approximate surface area is 153 Å². The van der Waals surface area contributed by atoms with Crippen LogP contribution in [0.15, 0.2) is 48.9 Å². The molecule has 0 saturated carbocycles. The molecule has 1 aliphatic heterocycles. The number of para-hydroxylation sites is 1. The van der Waals surface area contributed by atoms with E-state index in [0.717, 1.165) is 42.9 Å². The second-order valence-corrected chi connectivity index (χ2v) is 6.94. The molecule has 1 aliphatic rings. The van der Waals surface area contributed by atoms with Crippen molar-refractivity contribution >= 4 is 5.91 Å². The van der Waals surface area contributed by atoms with Gasteiger partial charge in [0.05, 0.1) is 35.7 Å². The first-order valence-electron chi connectivity index (χ1n) is 9.03. The maximum absolute atomic E-state index is 13.2. The normalized spacial score (nSPS) is 17.0. The second kappa shape index (κ2) is 6.78. The van der Waals surface area contributed by atoms with Crippen molar-refractivity contribution < 1.29 is 4.79 Å². The molecule has 4 rings (SSSR count). The molecule has 134 valence electrons. The van der Waals surface area contributed by atoms with Gasteiger partial charge in [0.1, 0.15) is 0 Å². The van der Waals surface area contributed by atoms with Crippen LogP contribution in [0.3, 0.4) is 0 Å². The number of nitrogens with zero attached hydrogens (tertiary/aromatic N) is 5. The molecule has 1 aromatic carbocycles. The summed E-state index contributed by atoms with van der Waals surface area (Å²) in [7, 11) is 0. The van der Waals surface area contributed by atoms with Gasteiger partial charge in [0.2, 0.25) is 0 Å². The average Bonchev–Trinajstić information content (AvgIpc) is 3.36. The van der Waals surface area contributed by atoms with Gasteiger partial charge in [0.25, 0.3) is 5.91 Å². The number of likely N-dealkylation sites (tertiary alicyclic amines) is 1. The zero-order valence-corrected chi connectivity index (χ0v) is 15.2. The van der Waals surface area contributed by atoms with Crippen LogP contribution >= 0.6 is 0 Å². The smallest absolute Gasteiger partial charge is 0.257 e. The molecule has 1 amide bonds. The van der Waals surface area contributed by atoms with Crippen molar-refractivity contribution in [1.29, 1.82) is 0 Å². The molecule has 0 aliphatic carbocycles. The molecule has 2 aromatic heterocycles. The highest BCUT2D eigenvalue weighted by molar-refractivity contribution is 5.95. The summed E-state index contributed by atoms with van der Waals surface area (Å²) in [4.78, 5) is 15.1. The molecule has 26 heavy (non-hydrogen) atoms. The summed E-state index contributed by atoms with van der Waals surface area (Å²) in [6.45, 7) is 5.46. The predicted octanol–water partition coefficient (Wildman–Crippen LogP) is 2.99. The van der Waals surface area contributed by atoms with E-state index in [-0.39, 0.29) is 11.9 Å². The van der Waals surface area contributed by atoms with Gasteiger partial charge in [0, 0.05) is 18.9 Å². The number of hydrogen-bond donors (Lipinski definition) is 0. The molecule has 0 N–H and O–H groups in total. The summed E-state index contributed by atoms with van der Waals surface area (Å²) >= 11 is 0. The number of benzene rings is 1. The van der Waals surface area contributed by atoms with Crippen LogP contribution in [0.5, 0.6) is 0 Å². The van der Waals surface area contributed by atoms with Crippen LogP contribution in [0.2, 0.25) is 0 Å². The number of aromatic nitrogens is 4. The summed E-state index contributed by atoms with van der Waals surface area (Å²) in [6.07, 6.45) is 7.77.